The van der Waals surface area contributed by atoms with Crippen LogP contribution in [-0.4, -0.2) is 24.3 Å². The van der Waals surface area contributed by atoms with Crippen molar-refractivity contribution in [1.82, 2.24) is 9.97 Å². The van der Waals surface area contributed by atoms with E-state index in [4.69, 9.17) is 11.6 Å². The van der Waals surface area contributed by atoms with Crippen LogP contribution in [0.5, 0.6) is 0 Å². The molecule has 3 aromatic rings. The number of nitrogens with one attached hydrogen (secondary N) is 2. The van der Waals surface area contributed by atoms with Crippen LogP contribution in [0.25, 0.3) is 0 Å². The summed E-state index contributed by atoms with van der Waals surface area (Å²) in [6.45, 7) is 3.41. The molecule has 3 rings (SSSR count). The van der Waals surface area contributed by atoms with Gasteiger partial charge in [0.25, 0.3) is 10.0 Å². The van der Waals surface area contributed by atoms with Crippen LogP contribution in [0.15, 0.2) is 66.1 Å². The second kappa shape index (κ2) is 8.59. The first-order chi connectivity index (χ1) is 13.8. The second-order valence-electron chi connectivity index (χ2n) is 6.48. The van der Waals surface area contributed by atoms with Gasteiger partial charge in [0.15, 0.2) is 0 Å². The molecule has 29 heavy (non-hydrogen) atoms. The smallest absolute Gasteiger partial charge is 0.262 e. The Morgan fingerprint density at radius 1 is 1.03 bits per heavy atom. The minimum absolute atomic E-state index is 0.0703. The largest absolute Gasteiger partial charge is 0.326 e. The maximum Gasteiger partial charge on any atom is 0.262 e. The summed E-state index contributed by atoms with van der Waals surface area (Å²) in [6, 6.07) is 11.1. The molecular weight excluding hydrogens is 412 g/mol. The van der Waals surface area contributed by atoms with Gasteiger partial charge in [0.05, 0.1) is 10.8 Å². The van der Waals surface area contributed by atoms with Crippen molar-refractivity contribution in [2.75, 3.05) is 10.0 Å². The first-order valence-electron chi connectivity index (χ1n) is 8.71. The molecule has 150 valence electrons. The molecule has 0 spiro atoms. The number of aromatic nitrogens is 2. The van der Waals surface area contributed by atoms with Gasteiger partial charge < -0.3 is 5.32 Å². The lowest BCUT2D eigenvalue weighted by Crippen LogP contribution is -2.20. The van der Waals surface area contributed by atoms with Gasteiger partial charge in [-0.05, 0) is 55.8 Å². The Bertz CT molecular complexity index is 1120. The van der Waals surface area contributed by atoms with Crippen molar-refractivity contribution in [2.24, 2.45) is 0 Å². The summed E-state index contributed by atoms with van der Waals surface area (Å²) in [7, 11) is -3.85. The van der Waals surface area contributed by atoms with Gasteiger partial charge in [-0.1, -0.05) is 17.7 Å². The molecule has 1 atom stereocenters. The number of benzene rings is 2. The summed E-state index contributed by atoms with van der Waals surface area (Å²) in [5, 5.41) is 3.25. The zero-order valence-electron chi connectivity index (χ0n) is 15.8. The van der Waals surface area contributed by atoms with Crippen molar-refractivity contribution >= 4 is 38.9 Å². The molecule has 0 fully saturated rings. The van der Waals surface area contributed by atoms with E-state index in [1.54, 1.807) is 62.6 Å². The van der Waals surface area contributed by atoms with E-state index in [0.717, 1.165) is 0 Å². The van der Waals surface area contributed by atoms with Crippen molar-refractivity contribution < 1.29 is 13.2 Å². The summed E-state index contributed by atoms with van der Waals surface area (Å²) in [5.41, 5.74) is 1.98. The van der Waals surface area contributed by atoms with Crippen LogP contribution >= 0.6 is 11.6 Å². The molecule has 0 saturated heterocycles. The molecule has 1 heterocycles. The van der Waals surface area contributed by atoms with Crippen LogP contribution in [0.2, 0.25) is 5.02 Å². The van der Waals surface area contributed by atoms with E-state index in [9.17, 15) is 13.2 Å². The van der Waals surface area contributed by atoms with E-state index in [1.165, 1.54) is 12.4 Å². The minimum atomic E-state index is -3.85. The molecule has 2 N–H and O–H groups in total. The Hall–Kier alpha value is -2.97. The zero-order chi connectivity index (χ0) is 21.0. The fraction of sp³-hybridized carbons (Fsp3) is 0.150. The maximum absolute atomic E-state index is 12.8. The minimum Gasteiger partial charge on any atom is -0.326 e. The lowest BCUT2D eigenvalue weighted by molar-refractivity contribution is -0.117. The number of halogens is 1. The van der Waals surface area contributed by atoms with Crippen LogP contribution in [0, 0.1) is 6.92 Å². The number of hydrogen-bond acceptors (Lipinski definition) is 5. The lowest BCUT2D eigenvalue weighted by atomic mass is 10.0. The van der Waals surface area contributed by atoms with E-state index >= 15 is 0 Å². The average molecular weight is 431 g/mol. The quantitative estimate of drug-likeness (QED) is 0.615. The summed E-state index contributed by atoms with van der Waals surface area (Å²) in [4.78, 5) is 20.4. The molecule has 1 aromatic heterocycles. The van der Waals surface area contributed by atoms with E-state index in [-0.39, 0.29) is 10.8 Å². The number of anilines is 2. The van der Waals surface area contributed by atoms with Crippen LogP contribution in [0.3, 0.4) is 0 Å². The number of hydrogen-bond donors (Lipinski definition) is 2. The monoisotopic (exact) mass is 430 g/mol. The number of sulfonamides is 1. The van der Waals surface area contributed by atoms with E-state index < -0.39 is 15.9 Å². The van der Waals surface area contributed by atoms with E-state index in [0.29, 0.717) is 27.5 Å². The Morgan fingerprint density at radius 3 is 2.31 bits per heavy atom. The summed E-state index contributed by atoms with van der Waals surface area (Å²) < 4.78 is 28.2. The normalized spacial score (nSPS) is 12.2. The number of amides is 1. The number of rotatable bonds is 6. The summed E-state index contributed by atoms with van der Waals surface area (Å²) >= 11 is 5.84. The predicted octanol–water partition coefficient (Wildman–Crippen LogP) is 3.98. The third-order valence-electron chi connectivity index (χ3n) is 4.32. The van der Waals surface area contributed by atoms with Gasteiger partial charge in [-0.25, -0.2) is 18.4 Å². The molecule has 7 nitrogen and oxygen atoms in total. The Kier molecular flexibility index (Phi) is 6.14. The first kappa shape index (κ1) is 20.8. The highest BCUT2D eigenvalue weighted by molar-refractivity contribution is 7.92. The molecule has 0 aliphatic carbocycles. The predicted molar refractivity (Wildman–Crippen MR) is 113 cm³/mol. The Balaban J connectivity index is 1.82. The molecule has 2 aromatic carbocycles. The number of nitrogens with zero attached hydrogens (tertiary/aromatic N) is 2. The van der Waals surface area contributed by atoms with Crippen LogP contribution in [0.4, 0.5) is 11.4 Å². The number of aryl methyl sites for hydroxylation is 1. The summed E-state index contributed by atoms with van der Waals surface area (Å²) in [6.07, 6.45) is 4.52. The third-order valence-corrected chi connectivity index (χ3v) is 6.09. The topological polar surface area (TPSA) is 101 Å². The molecular formula is C20H19ClN4O3S. The van der Waals surface area contributed by atoms with E-state index in [2.05, 4.69) is 20.0 Å². The molecule has 0 aliphatic rings. The zero-order valence-corrected chi connectivity index (χ0v) is 17.3. The van der Waals surface area contributed by atoms with E-state index in [1.807, 2.05) is 0 Å². The van der Waals surface area contributed by atoms with Crippen LogP contribution < -0.4 is 10.0 Å². The highest BCUT2D eigenvalue weighted by Gasteiger charge is 2.20. The summed E-state index contributed by atoms with van der Waals surface area (Å²) in [5.74, 6) is -0.789. The fourth-order valence-electron chi connectivity index (χ4n) is 2.63. The van der Waals surface area contributed by atoms with Gasteiger partial charge in [-0.2, -0.15) is 0 Å². The highest BCUT2D eigenvalue weighted by Crippen LogP contribution is 2.25. The fourth-order valence-corrected chi connectivity index (χ4v) is 4.09. The standard InChI is InChI=1S/C20H19ClN4O3S/c1-13-3-6-18(24-20(26)14(2)15-10-22-12-23-11-15)9-19(13)29(27,28)25-17-7-4-16(21)5-8-17/h3-12,14,25H,1-2H3,(H,24,26). The van der Waals surface area contributed by atoms with Crippen molar-refractivity contribution in [1.29, 1.82) is 0 Å². The average Bonchev–Trinajstić information content (AvgIpc) is 2.71. The molecule has 0 aliphatic heterocycles. The van der Waals surface area contributed by atoms with Crippen molar-refractivity contribution in [3.63, 3.8) is 0 Å². The lowest BCUT2D eigenvalue weighted by Gasteiger charge is -2.15. The highest BCUT2D eigenvalue weighted by atomic mass is 35.5. The van der Waals surface area contributed by atoms with Crippen molar-refractivity contribution in [3.8, 4) is 0 Å². The van der Waals surface area contributed by atoms with Gasteiger partial charge in [-0.3, -0.25) is 9.52 Å². The molecule has 1 unspecified atom stereocenters. The molecule has 0 saturated carbocycles. The number of carbonyl (C=O) groups is 1. The Labute approximate surface area is 174 Å². The molecule has 0 bridgehead atoms. The van der Waals surface area contributed by atoms with Crippen molar-refractivity contribution in [3.05, 3.63) is 77.3 Å². The van der Waals surface area contributed by atoms with Gasteiger partial charge in [0.2, 0.25) is 5.91 Å². The van der Waals surface area contributed by atoms with Gasteiger partial charge >= 0.3 is 0 Å². The molecule has 0 radical (unpaired) electrons. The molecule has 9 heteroatoms. The molecule has 1 amide bonds. The van der Waals surface area contributed by atoms with Gasteiger partial charge in [0, 0.05) is 34.4 Å². The van der Waals surface area contributed by atoms with Crippen LogP contribution in [-0.2, 0) is 14.8 Å². The second-order valence-corrected chi connectivity index (χ2v) is 8.56. The van der Waals surface area contributed by atoms with Crippen LogP contribution in [0.1, 0.15) is 24.0 Å². The Morgan fingerprint density at radius 2 is 1.66 bits per heavy atom. The SMILES string of the molecule is Cc1ccc(NC(=O)C(C)c2cncnc2)cc1S(=O)(=O)Nc1ccc(Cl)cc1. The van der Waals surface area contributed by atoms with Crippen molar-refractivity contribution in [2.45, 2.75) is 24.7 Å². The maximum atomic E-state index is 12.8. The van der Waals surface area contributed by atoms with Gasteiger partial charge in [0.1, 0.15) is 6.33 Å². The first-order valence-corrected chi connectivity index (χ1v) is 10.6. The van der Waals surface area contributed by atoms with Gasteiger partial charge in [-0.15, -0.1) is 0 Å². The third kappa shape index (κ3) is 5.10. The number of carbonyl (C=O) groups excluding carboxylic acids is 1.